The van der Waals surface area contributed by atoms with Crippen molar-refractivity contribution < 1.29 is 5.11 Å². The van der Waals surface area contributed by atoms with Gasteiger partial charge in [0.2, 0.25) is 0 Å². The van der Waals surface area contributed by atoms with Crippen LogP contribution in [0.15, 0.2) is 0 Å². The number of rotatable bonds is 5. The van der Waals surface area contributed by atoms with Crippen molar-refractivity contribution in [2.75, 3.05) is 32.7 Å². The predicted molar refractivity (Wildman–Crippen MR) is 75.7 cm³/mol. The topological polar surface area (TPSA) is 35.5 Å². The number of nitrogens with one attached hydrogen (secondary N) is 1. The molecule has 0 aromatic heterocycles. The first kappa shape index (κ1) is 14.3. The number of β-amino-alcohol motifs (C(OH)–C–C–N with tert-alkyl or cyclic N) is 1. The molecule has 1 unspecified atom stereocenters. The highest BCUT2D eigenvalue weighted by Crippen LogP contribution is 2.39. The molecule has 3 nitrogen and oxygen atoms in total. The Morgan fingerprint density at radius 3 is 2.50 bits per heavy atom. The third kappa shape index (κ3) is 3.69. The van der Waals surface area contributed by atoms with Crippen LogP contribution in [-0.4, -0.2) is 48.3 Å². The van der Waals surface area contributed by atoms with Crippen LogP contribution in [0.3, 0.4) is 0 Å². The molecule has 106 valence electrons. The molecule has 0 spiro atoms. The second kappa shape index (κ2) is 5.89. The van der Waals surface area contributed by atoms with Gasteiger partial charge in [0.25, 0.3) is 0 Å². The number of piperidine rings is 1. The van der Waals surface area contributed by atoms with Crippen molar-refractivity contribution in [1.82, 2.24) is 10.2 Å². The summed E-state index contributed by atoms with van der Waals surface area (Å²) in [6.07, 6.45) is 7.59. The van der Waals surface area contributed by atoms with E-state index in [-0.39, 0.29) is 0 Å². The predicted octanol–water partition coefficient (Wildman–Crippen LogP) is 2.00. The summed E-state index contributed by atoms with van der Waals surface area (Å²) in [6, 6.07) is 0. The number of hydrogen-bond acceptors (Lipinski definition) is 3. The third-order valence-electron chi connectivity index (χ3n) is 4.73. The summed E-state index contributed by atoms with van der Waals surface area (Å²) in [6.45, 7) is 9.61. The van der Waals surface area contributed by atoms with E-state index in [1.165, 1.54) is 38.8 Å². The van der Waals surface area contributed by atoms with Crippen molar-refractivity contribution in [2.24, 2.45) is 5.41 Å². The van der Waals surface area contributed by atoms with Gasteiger partial charge in [-0.2, -0.15) is 0 Å². The van der Waals surface area contributed by atoms with E-state index in [4.69, 9.17) is 0 Å². The lowest BCUT2D eigenvalue weighted by molar-refractivity contribution is -0.0280. The van der Waals surface area contributed by atoms with Gasteiger partial charge in [-0.05, 0) is 51.1 Å². The van der Waals surface area contributed by atoms with E-state index < -0.39 is 5.60 Å². The van der Waals surface area contributed by atoms with Crippen molar-refractivity contribution in [3.05, 3.63) is 0 Å². The number of aliphatic hydroxyl groups is 1. The zero-order valence-corrected chi connectivity index (χ0v) is 12.2. The molecule has 0 amide bonds. The van der Waals surface area contributed by atoms with E-state index in [0.29, 0.717) is 5.41 Å². The minimum absolute atomic E-state index is 0.462. The lowest BCUT2D eigenvalue weighted by Crippen LogP contribution is -2.51. The summed E-state index contributed by atoms with van der Waals surface area (Å²) in [7, 11) is 0. The molecule has 1 aliphatic heterocycles. The molecule has 1 saturated heterocycles. The molecule has 1 atom stereocenters. The second-order valence-electron chi connectivity index (χ2n) is 6.80. The highest BCUT2D eigenvalue weighted by Gasteiger charge is 2.37. The molecule has 0 radical (unpaired) electrons. The van der Waals surface area contributed by atoms with E-state index in [2.05, 4.69) is 17.1 Å². The highest BCUT2D eigenvalue weighted by molar-refractivity contribution is 4.92. The fourth-order valence-corrected chi connectivity index (χ4v) is 3.84. The average Bonchev–Trinajstić information content (AvgIpc) is 2.74. The highest BCUT2D eigenvalue weighted by atomic mass is 16.3. The molecule has 0 bridgehead atoms. The molecule has 1 aliphatic carbocycles. The molecular weight excluding hydrogens is 224 g/mol. The SMILES string of the molecule is CCNCC1(CN2CCCC(C)(O)C2)CCCC1. The number of likely N-dealkylation sites (tertiary alicyclic amines) is 1. The summed E-state index contributed by atoms with van der Waals surface area (Å²) < 4.78 is 0. The normalized spacial score (nSPS) is 32.8. The van der Waals surface area contributed by atoms with Crippen LogP contribution < -0.4 is 5.32 Å². The smallest absolute Gasteiger partial charge is 0.0746 e. The Hall–Kier alpha value is -0.120. The van der Waals surface area contributed by atoms with Gasteiger partial charge >= 0.3 is 0 Å². The number of nitrogens with zero attached hydrogens (tertiary/aromatic N) is 1. The summed E-state index contributed by atoms with van der Waals surface area (Å²) in [5.74, 6) is 0. The summed E-state index contributed by atoms with van der Waals surface area (Å²) in [5, 5.41) is 13.8. The lowest BCUT2D eigenvalue weighted by Gasteiger charge is -2.42. The first-order chi connectivity index (χ1) is 8.55. The van der Waals surface area contributed by atoms with Gasteiger partial charge in [0.05, 0.1) is 5.60 Å². The van der Waals surface area contributed by atoms with Crippen LogP contribution in [0.4, 0.5) is 0 Å². The van der Waals surface area contributed by atoms with Gasteiger partial charge < -0.3 is 10.4 Å². The zero-order chi connectivity index (χ0) is 13.1. The molecule has 0 aromatic carbocycles. The first-order valence-corrected chi connectivity index (χ1v) is 7.71. The van der Waals surface area contributed by atoms with Crippen LogP contribution in [0.2, 0.25) is 0 Å². The minimum Gasteiger partial charge on any atom is -0.389 e. The van der Waals surface area contributed by atoms with Crippen molar-refractivity contribution >= 4 is 0 Å². The van der Waals surface area contributed by atoms with E-state index in [1.807, 2.05) is 6.92 Å². The Morgan fingerprint density at radius 1 is 1.17 bits per heavy atom. The number of hydrogen-bond donors (Lipinski definition) is 2. The summed E-state index contributed by atoms with van der Waals surface area (Å²) in [4.78, 5) is 2.51. The maximum absolute atomic E-state index is 10.2. The fourth-order valence-electron chi connectivity index (χ4n) is 3.84. The average molecular weight is 254 g/mol. The molecule has 18 heavy (non-hydrogen) atoms. The van der Waals surface area contributed by atoms with Crippen molar-refractivity contribution in [3.63, 3.8) is 0 Å². The molecule has 2 N–H and O–H groups in total. The molecule has 2 aliphatic rings. The van der Waals surface area contributed by atoms with E-state index >= 15 is 0 Å². The molecule has 1 heterocycles. The quantitative estimate of drug-likeness (QED) is 0.788. The molecule has 2 fully saturated rings. The molecule has 1 saturated carbocycles. The van der Waals surface area contributed by atoms with Gasteiger partial charge in [0, 0.05) is 19.6 Å². The van der Waals surface area contributed by atoms with Gasteiger partial charge in [0.15, 0.2) is 0 Å². The van der Waals surface area contributed by atoms with Crippen molar-refractivity contribution in [1.29, 1.82) is 0 Å². The molecule has 2 rings (SSSR count). The van der Waals surface area contributed by atoms with Gasteiger partial charge in [0.1, 0.15) is 0 Å². The van der Waals surface area contributed by atoms with Gasteiger partial charge in [-0.1, -0.05) is 19.8 Å². The van der Waals surface area contributed by atoms with E-state index in [9.17, 15) is 5.11 Å². The zero-order valence-electron chi connectivity index (χ0n) is 12.2. The Morgan fingerprint density at radius 2 is 1.89 bits per heavy atom. The van der Waals surface area contributed by atoms with Crippen LogP contribution in [-0.2, 0) is 0 Å². The van der Waals surface area contributed by atoms with E-state index in [1.54, 1.807) is 0 Å². The first-order valence-electron chi connectivity index (χ1n) is 7.71. The fraction of sp³-hybridized carbons (Fsp3) is 1.00. The second-order valence-corrected chi connectivity index (χ2v) is 6.80. The Labute approximate surface area is 112 Å². The van der Waals surface area contributed by atoms with E-state index in [0.717, 1.165) is 32.5 Å². The maximum atomic E-state index is 10.2. The largest absolute Gasteiger partial charge is 0.389 e. The molecular formula is C15H30N2O. The standard InChI is InChI=1S/C15H30N2O/c1-3-16-11-15(8-4-5-9-15)13-17-10-6-7-14(2,18)12-17/h16,18H,3-13H2,1-2H3. The van der Waals surface area contributed by atoms with Crippen LogP contribution in [0.25, 0.3) is 0 Å². The van der Waals surface area contributed by atoms with Crippen LogP contribution in [0, 0.1) is 5.41 Å². The summed E-state index contributed by atoms with van der Waals surface area (Å²) in [5.41, 5.74) is 0.0136. The third-order valence-corrected chi connectivity index (χ3v) is 4.73. The van der Waals surface area contributed by atoms with Crippen LogP contribution >= 0.6 is 0 Å². The lowest BCUT2D eigenvalue weighted by atomic mass is 9.84. The van der Waals surface area contributed by atoms with Gasteiger partial charge in [-0.3, -0.25) is 4.90 Å². The van der Waals surface area contributed by atoms with Crippen molar-refractivity contribution in [3.8, 4) is 0 Å². The molecule has 3 heteroatoms. The summed E-state index contributed by atoms with van der Waals surface area (Å²) >= 11 is 0. The molecule has 0 aromatic rings. The van der Waals surface area contributed by atoms with Crippen LogP contribution in [0.1, 0.15) is 52.4 Å². The van der Waals surface area contributed by atoms with Gasteiger partial charge in [-0.15, -0.1) is 0 Å². The van der Waals surface area contributed by atoms with Gasteiger partial charge in [-0.25, -0.2) is 0 Å². The van der Waals surface area contributed by atoms with Crippen molar-refractivity contribution in [2.45, 2.75) is 58.0 Å². The maximum Gasteiger partial charge on any atom is 0.0746 e. The Balaban J connectivity index is 1.92. The minimum atomic E-state index is -0.462. The van der Waals surface area contributed by atoms with Crippen LogP contribution in [0.5, 0.6) is 0 Å². The Bertz CT molecular complexity index is 259. The monoisotopic (exact) mass is 254 g/mol. The Kier molecular flexibility index (Phi) is 4.68.